The second kappa shape index (κ2) is 5.81. The summed E-state index contributed by atoms with van der Waals surface area (Å²) in [5, 5.41) is 19.8. The molecule has 1 aliphatic rings. The molecule has 1 amide bonds. The Morgan fingerprint density at radius 1 is 1.50 bits per heavy atom. The number of rotatable bonds is 5. The fourth-order valence-corrected chi connectivity index (χ4v) is 1.65. The molecule has 1 rings (SSSR count). The van der Waals surface area contributed by atoms with Crippen LogP contribution in [0.4, 0.5) is 0 Å². The van der Waals surface area contributed by atoms with Crippen LogP contribution in [0, 0.1) is 0 Å². The van der Waals surface area contributed by atoms with E-state index in [1.807, 2.05) is 6.92 Å². The van der Waals surface area contributed by atoms with E-state index >= 15 is 0 Å². The molecule has 92 valence electrons. The maximum atomic E-state index is 11.6. The molecule has 0 aliphatic carbocycles. The van der Waals surface area contributed by atoms with Gasteiger partial charge in [0.25, 0.3) is 0 Å². The molecule has 0 radical (unpaired) electrons. The van der Waals surface area contributed by atoms with Crippen LogP contribution in [0.3, 0.4) is 0 Å². The Hall–Kier alpha value is -1.14. The van der Waals surface area contributed by atoms with Gasteiger partial charge in [0, 0.05) is 13.0 Å². The summed E-state index contributed by atoms with van der Waals surface area (Å²) in [7, 11) is 0. The zero-order chi connectivity index (χ0) is 12.1. The van der Waals surface area contributed by atoms with Gasteiger partial charge in [-0.25, -0.2) is 4.79 Å². The second-order valence-corrected chi connectivity index (χ2v) is 3.92. The lowest BCUT2D eigenvalue weighted by Crippen LogP contribution is -2.45. The first-order chi connectivity index (χ1) is 7.54. The average Bonchev–Trinajstić information content (AvgIpc) is 2.64. The van der Waals surface area contributed by atoms with Crippen LogP contribution in [0.1, 0.15) is 26.2 Å². The summed E-state index contributed by atoms with van der Waals surface area (Å²) < 4.78 is 5.31. The lowest BCUT2D eigenvalue weighted by molar-refractivity contribution is -0.144. The average molecular weight is 231 g/mol. The van der Waals surface area contributed by atoms with E-state index < -0.39 is 24.0 Å². The number of carboxylic acids is 1. The molecule has 1 aliphatic heterocycles. The first-order valence-corrected chi connectivity index (χ1v) is 5.34. The van der Waals surface area contributed by atoms with E-state index in [0.717, 1.165) is 6.42 Å². The number of aliphatic carboxylic acids is 1. The number of carboxylic acid groups (broad SMARTS) is 1. The minimum Gasteiger partial charge on any atom is -0.480 e. The number of amides is 1. The van der Waals surface area contributed by atoms with Gasteiger partial charge < -0.3 is 20.3 Å². The zero-order valence-corrected chi connectivity index (χ0v) is 9.18. The van der Waals surface area contributed by atoms with Crippen LogP contribution in [0.25, 0.3) is 0 Å². The maximum Gasteiger partial charge on any atom is 0.326 e. The summed E-state index contributed by atoms with van der Waals surface area (Å²) in [6.07, 6.45) is 0.893. The van der Waals surface area contributed by atoms with E-state index in [1.54, 1.807) is 0 Å². The Kier molecular flexibility index (Phi) is 4.70. The van der Waals surface area contributed by atoms with Crippen LogP contribution in [0.5, 0.6) is 0 Å². The van der Waals surface area contributed by atoms with Crippen molar-refractivity contribution in [2.24, 2.45) is 0 Å². The van der Waals surface area contributed by atoms with Crippen LogP contribution in [-0.4, -0.2) is 46.9 Å². The van der Waals surface area contributed by atoms with Gasteiger partial charge in [-0.05, 0) is 19.8 Å². The highest BCUT2D eigenvalue weighted by atomic mass is 16.5. The van der Waals surface area contributed by atoms with Gasteiger partial charge in [-0.1, -0.05) is 0 Å². The molecule has 3 N–H and O–H groups in total. The molecule has 6 heteroatoms. The molecule has 3 atom stereocenters. The molecule has 0 aromatic rings. The number of nitrogens with one attached hydrogen (secondary N) is 1. The lowest BCUT2D eigenvalue weighted by Gasteiger charge is -2.16. The number of carbonyl (C=O) groups excluding carboxylic acids is 1. The van der Waals surface area contributed by atoms with Gasteiger partial charge in [0.1, 0.15) is 12.1 Å². The zero-order valence-electron chi connectivity index (χ0n) is 9.18. The molecule has 16 heavy (non-hydrogen) atoms. The smallest absolute Gasteiger partial charge is 0.326 e. The van der Waals surface area contributed by atoms with Crippen molar-refractivity contribution in [3.05, 3.63) is 0 Å². The van der Waals surface area contributed by atoms with Crippen molar-refractivity contribution in [2.75, 3.05) is 6.61 Å². The first-order valence-electron chi connectivity index (χ1n) is 5.34. The monoisotopic (exact) mass is 231 g/mol. The van der Waals surface area contributed by atoms with Gasteiger partial charge in [-0.15, -0.1) is 0 Å². The van der Waals surface area contributed by atoms with Crippen molar-refractivity contribution in [1.82, 2.24) is 5.32 Å². The molecule has 0 saturated carbocycles. The quantitative estimate of drug-likeness (QED) is 0.593. The predicted octanol–water partition coefficient (Wildman–Crippen LogP) is -0.494. The van der Waals surface area contributed by atoms with Crippen molar-refractivity contribution < 1.29 is 24.5 Å². The van der Waals surface area contributed by atoms with Gasteiger partial charge in [-0.2, -0.15) is 0 Å². The van der Waals surface area contributed by atoms with Crippen molar-refractivity contribution in [1.29, 1.82) is 0 Å². The van der Waals surface area contributed by atoms with Gasteiger partial charge in [-0.3, -0.25) is 4.79 Å². The van der Waals surface area contributed by atoms with Gasteiger partial charge >= 0.3 is 5.97 Å². The van der Waals surface area contributed by atoms with E-state index in [9.17, 15) is 9.59 Å². The van der Waals surface area contributed by atoms with Crippen LogP contribution in [0.2, 0.25) is 0 Å². The minimum absolute atomic E-state index is 0.00332. The molecular weight excluding hydrogens is 214 g/mol. The molecule has 0 aromatic heterocycles. The van der Waals surface area contributed by atoms with E-state index in [4.69, 9.17) is 14.9 Å². The number of hydrogen-bond donors (Lipinski definition) is 3. The normalized spacial score (nSPS) is 26.4. The third-order valence-electron chi connectivity index (χ3n) is 2.56. The standard InChI is InChI=1S/C10H17NO5/c1-6-2-3-8(16-6)9(13)11-7(4-5-12)10(14)15/h6-8,12H,2-5H2,1H3,(H,11,13)(H,14,15)/t6?,7-,8?/m0/s1. The first kappa shape index (κ1) is 12.9. The Bertz CT molecular complexity index is 268. The SMILES string of the molecule is CC1CCC(C(=O)N[C@@H](CCO)C(=O)O)O1. The number of carbonyl (C=O) groups is 2. The Morgan fingerprint density at radius 2 is 2.19 bits per heavy atom. The maximum absolute atomic E-state index is 11.6. The van der Waals surface area contributed by atoms with Crippen LogP contribution in [0.15, 0.2) is 0 Å². The van der Waals surface area contributed by atoms with Crippen molar-refractivity contribution in [3.8, 4) is 0 Å². The van der Waals surface area contributed by atoms with E-state index in [-0.39, 0.29) is 19.1 Å². The van der Waals surface area contributed by atoms with E-state index in [0.29, 0.717) is 6.42 Å². The molecular formula is C10H17NO5. The fraction of sp³-hybridized carbons (Fsp3) is 0.800. The Balaban J connectivity index is 2.45. The van der Waals surface area contributed by atoms with Crippen LogP contribution in [-0.2, 0) is 14.3 Å². The number of hydrogen-bond acceptors (Lipinski definition) is 4. The Morgan fingerprint density at radius 3 is 2.62 bits per heavy atom. The number of aliphatic hydroxyl groups excluding tert-OH is 1. The van der Waals surface area contributed by atoms with E-state index in [1.165, 1.54) is 0 Å². The fourth-order valence-electron chi connectivity index (χ4n) is 1.65. The Labute approximate surface area is 93.6 Å². The highest BCUT2D eigenvalue weighted by Crippen LogP contribution is 2.19. The molecule has 2 unspecified atom stereocenters. The van der Waals surface area contributed by atoms with E-state index in [2.05, 4.69) is 5.32 Å². The minimum atomic E-state index is -1.14. The van der Waals surface area contributed by atoms with Crippen LogP contribution < -0.4 is 5.32 Å². The molecule has 1 heterocycles. The highest BCUT2D eigenvalue weighted by molar-refractivity contribution is 5.86. The van der Waals surface area contributed by atoms with Crippen molar-refractivity contribution in [2.45, 2.75) is 44.4 Å². The predicted molar refractivity (Wildman–Crippen MR) is 54.8 cm³/mol. The molecule has 0 aromatic carbocycles. The summed E-state index contributed by atoms with van der Waals surface area (Å²) >= 11 is 0. The summed E-state index contributed by atoms with van der Waals surface area (Å²) in [6.45, 7) is 1.59. The lowest BCUT2D eigenvalue weighted by atomic mass is 10.1. The summed E-state index contributed by atoms with van der Waals surface area (Å²) in [6, 6.07) is -1.04. The van der Waals surface area contributed by atoms with Gasteiger partial charge in [0.05, 0.1) is 6.10 Å². The highest BCUT2D eigenvalue weighted by Gasteiger charge is 2.30. The third-order valence-corrected chi connectivity index (χ3v) is 2.56. The number of ether oxygens (including phenoxy) is 1. The largest absolute Gasteiger partial charge is 0.480 e. The van der Waals surface area contributed by atoms with Crippen molar-refractivity contribution in [3.63, 3.8) is 0 Å². The second-order valence-electron chi connectivity index (χ2n) is 3.92. The summed E-state index contributed by atoms with van der Waals surface area (Å²) in [5.41, 5.74) is 0. The molecule has 6 nitrogen and oxygen atoms in total. The van der Waals surface area contributed by atoms with Crippen molar-refractivity contribution >= 4 is 11.9 Å². The molecule has 0 spiro atoms. The van der Waals surface area contributed by atoms with Gasteiger partial charge in [0.2, 0.25) is 5.91 Å². The van der Waals surface area contributed by atoms with Gasteiger partial charge in [0.15, 0.2) is 0 Å². The third kappa shape index (κ3) is 3.46. The summed E-state index contributed by atoms with van der Waals surface area (Å²) in [4.78, 5) is 22.3. The van der Waals surface area contributed by atoms with Crippen LogP contribution >= 0.6 is 0 Å². The summed E-state index contributed by atoms with van der Waals surface area (Å²) in [5.74, 6) is -1.56. The number of aliphatic hydroxyl groups is 1. The molecule has 1 saturated heterocycles. The molecule has 0 bridgehead atoms. The molecule has 1 fully saturated rings. The topological polar surface area (TPSA) is 95.9 Å².